The summed E-state index contributed by atoms with van der Waals surface area (Å²) in [6.07, 6.45) is 0.395. The summed E-state index contributed by atoms with van der Waals surface area (Å²) in [5.74, 6) is -2.85. The minimum absolute atomic E-state index is 0.168. The van der Waals surface area contributed by atoms with Crippen LogP contribution in [-0.2, 0) is 25.5 Å². The van der Waals surface area contributed by atoms with Crippen LogP contribution in [0.2, 0.25) is 0 Å². The first-order chi connectivity index (χ1) is 19.2. The van der Waals surface area contributed by atoms with E-state index in [1.54, 1.807) is 27.0 Å². The summed E-state index contributed by atoms with van der Waals surface area (Å²) < 4.78 is 5.34. The molecular weight excluding hydrogens is 528 g/mol. The lowest BCUT2D eigenvalue weighted by molar-refractivity contribution is -0.140. The van der Waals surface area contributed by atoms with Gasteiger partial charge < -0.3 is 35.9 Å². The van der Waals surface area contributed by atoms with Crippen molar-refractivity contribution in [2.45, 2.75) is 104 Å². The van der Waals surface area contributed by atoms with Crippen LogP contribution in [0.4, 0.5) is 4.79 Å². The van der Waals surface area contributed by atoms with Gasteiger partial charge in [0, 0.05) is 17.1 Å². The molecule has 0 fully saturated rings. The van der Waals surface area contributed by atoms with Crippen molar-refractivity contribution in [3.05, 3.63) is 36.0 Å². The van der Waals surface area contributed by atoms with E-state index in [1.165, 1.54) is 0 Å². The molecular formula is C30H46N4O7. The van der Waals surface area contributed by atoms with E-state index >= 15 is 0 Å². The third-order valence-electron chi connectivity index (χ3n) is 7.25. The Kier molecular flexibility index (Phi) is 12.2. The SMILES string of the molecule is CCC(C)C(NC(=O)OC(C)(C)C)C(=O)NC(C(=O)N[C@@H](Cc1c[nH]c2ccccc12)C(O)CC(=O)O)C(C)CC. The lowest BCUT2D eigenvalue weighted by Crippen LogP contribution is -2.59. The van der Waals surface area contributed by atoms with Gasteiger partial charge in [-0.15, -0.1) is 0 Å². The summed E-state index contributed by atoms with van der Waals surface area (Å²) >= 11 is 0. The first kappa shape index (κ1) is 33.6. The molecule has 228 valence electrons. The van der Waals surface area contributed by atoms with Crippen molar-refractivity contribution in [1.82, 2.24) is 20.9 Å². The van der Waals surface area contributed by atoms with Crippen LogP contribution in [0.15, 0.2) is 30.5 Å². The molecule has 11 heteroatoms. The van der Waals surface area contributed by atoms with Gasteiger partial charge >= 0.3 is 12.1 Å². The fourth-order valence-corrected chi connectivity index (χ4v) is 4.50. The Hall–Kier alpha value is -3.60. The van der Waals surface area contributed by atoms with E-state index in [4.69, 9.17) is 4.74 Å². The number of ether oxygens (including phenoxy) is 1. The average molecular weight is 575 g/mol. The Labute approximate surface area is 241 Å². The van der Waals surface area contributed by atoms with Crippen molar-refractivity contribution in [3.8, 4) is 0 Å². The number of alkyl carbamates (subject to hydrolysis) is 1. The van der Waals surface area contributed by atoms with E-state index in [1.807, 2.05) is 52.0 Å². The number of rotatable bonds is 14. The number of aliphatic hydroxyl groups is 1. The zero-order valence-electron chi connectivity index (χ0n) is 25.1. The Balaban J connectivity index is 2.29. The van der Waals surface area contributed by atoms with E-state index in [0.29, 0.717) is 12.8 Å². The molecule has 5 unspecified atom stereocenters. The lowest BCUT2D eigenvalue weighted by atomic mass is 9.93. The number of hydrogen-bond donors (Lipinski definition) is 6. The number of amides is 3. The number of nitrogens with one attached hydrogen (secondary N) is 4. The number of fused-ring (bicyclic) bond motifs is 1. The van der Waals surface area contributed by atoms with Crippen LogP contribution in [0.1, 0.15) is 73.3 Å². The molecule has 0 aliphatic heterocycles. The monoisotopic (exact) mass is 574 g/mol. The van der Waals surface area contributed by atoms with Crippen LogP contribution in [0.3, 0.4) is 0 Å². The summed E-state index contributed by atoms with van der Waals surface area (Å²) in [4.78, 5) is 54.1. The fraction of sp³-hybridized carbons (Fsp3) is 0.600. The maximum atomic E-state index is 13.6. The minimum atomic E-state index is -1.37. The maximum Gasteiger partial charge on any atom is 0.408 e. The molecule has 2 aromatic rings. The second-order valence-corrected chi connectivity index (χ2v) is 11.7. The van der Waals surface area contributed by atoms with E-state index in [-0.39, 0.29) is 18.3 Å². The largest absolute Gasteiger partial charge is 0.481 e. The number of carboxylic acid groups (broad SMARTS) is 1. The number of aliphatic hydroxyl groups excluding tert-OH is 1. The molecule has 0 bridgehead atoms. The average Bonchev–Trinajstić information content (AvgIpc) is 3.30. The van der Waals surface area contributed by atoms with Gasteiger partial charge in [-0.2, -0.15) is 0 Å². The molecule has 0 saturated carbocycles. The third-order valence-corrected chi connectivity index (χ3v) is 7.25. The second-order valence-electron chi connectivity index (χ2n) is 11.7. The number of benzene rings is 1. The van der Waals surface area contributed by atoms with Gasteiger partial charge in [-0.3, -0.25) is 14.4 Å². The molecule has 0 aliphatic rings. The molecule has 11 nitrogen and oxygen atoms in total. The number of aliphatic carboxylic acids is 1. The summed E-state index contributed by atoms with van der Waals surface area (Å²) in [6.45, 7) is 12.6. The van der Waals surface area contributed by atoms with Crippen LogP contribution >= 0.6 is 0 Å². The Morgan fingerprint density at radius 2 is 1.49 bits per heavy atom. The predicted octanol–water partition coefficient (Wildman–Crippen LogP) is 3.50. The Morgan fingerprint density at radius 3 is 2.05 bits per heavy atom. The maximum absolute atomic E-state index is 13.6. The van der Waals surface area contributed by atoms with Crippen LogP contribution in [0.5, 0.6) is 0 Å². The van der Waals surface area contributed by atoms with Crippen molar-refractivity contribution < 1.29 is 34.1 Å². The standard InChI is InChI=1S/C30H46N4O7/c1-8-17(3)25(33-28(39)26(18(4)9-2)34-29(40)41-30(5,6)7)27(38)32-22(23(35)15-24(36)37)14-19-16-31-21-13-11-10-12-20(19)21/h10-13,16-18,22-23,25-26,31,35H,8-9,14-15H2,1-7H3,(H,32,38)(H,33,39)(H,34,40)(H,36,37)/t17?,18?,22-,23?,25?,26?/m0/s1. The van der Waals surface area contributed by atoms with Gasteiger partial charge in [-0.25, -0.2) is 4.79 Å². The number of hydrogen-bond acceptors (Lipinski definition) is 6. The van der Waals surface area contributed by atoms with Gasteiger partial charge in [0.1, 0.15) is 17.7 Å². The predicted molar refractivity (Wildman–Crippen MR) is 156 cm³/mol. The quantitative estimate of drug-likeness (QED) is 0.201. The molecule has 0 saturated heterocycles. The van der Waals surface area contributed by atoms with Gasteiger partial charge in [0.15, 0.2) is 0 Å². The van der Waals surface area contributed by atoms with Crippen molar-refractivity contribution >= 4 is 34.8 Å². The molecule has 41 heavy (non-hydrogen) atoms. The van der Waals surface area contributed by atoms with Crippen LogP contribution in [0, 0.1) is 11.8 Å². The molecule has 0 aliphatic carbocycles. The summed E-state index contributed by atoms with van der Waals surface area (Å²) in [6, 6.07) is 4.66. The number of carbonyl (C=O) groups is 4. The molecule has 2 rings (SSSR count). The first-order valence-corrected chi connectivity index (χ1v) is 14.2. The first-order valence-electron chi connectivity index (χ1n) is 14.2. The summed E-state index contributed by atoms with van der Waals surface area (Å²) in [5, 5.41) is 29.2. The zero-order chi connectivity index (χ0) is 30.9. The molecule has 3 amide bonds. The number of carbonyl (C=O) groups excluding carboxylic acids is 3. The van der Waals surface area contributed by atoms with E-state index in [0.717, 1.165) is 16.5 Å². The van der Waals surface area contributed by atoms with Gasteiger partial charge in [-0.05, 0) is 50.7 Å². The molecule has 6 N–H and O–H groups in total. The smallest absolute Gasteiger partial charge is 0.408 e. The van der Waals surface area contributed by atoms with E-state index < -0.39 is 60.1 Å². The highest BCUT2D eigenvalue weighted by Gasteiger charge is 2.35. The number of H-pyrrole nitrogens is 1. The van der Waals surface area contributed by atoms with Crippen LogP contribution in [-0.4, -0.2) is 68.9 Å². The highest BCUT2D eigenvalue weighted by molar-refractivity contribution is 5.92. The van der Waals surface area contributed by atoms with Crippen molar-refractivity contribution in [2.24, 2.45) is 11.8 Å². The molecule has 1 heterocycles. The van der Waals surface area contributed by atoms with E-state index in [9.17, 15) is 29.4 Å². The van der Waals surface area contributed by atoms with Crippen molar-refractivity contribution in [1.29, 1.82) is 0 Å². The number of aromatic nitrogens is 1. The van der Waals surface area contributed by atoms with Gasteiger partial charge in [-0.1, -0.05) is 58.7 Å². The highest BCUT2D eigenvalue weighted by Crippen LogP contribution is 2.21. The van der Waals surface area contributed by atoms with Gasteiger partial charge in [0.05, 0.1) is 18.6 Å². The lowest BCUT2D eigenvalue weighted by Gasteiger charge is -2.31. The van der Waals surface area contributed by atoms with Crippen molar-refractivity contribution in [2.75, 3.05) is 0 Å². The highest BCUT2D eigenvalue weighted by atomic mass is 16.6. The molecule has 0 spiro atoms. The number of carboxylic acids is 1. The second kappa shape index (κ2) is 14.9. The van der Waals surface area contributed by atoms with Crippen molar-refractivity contribution in [3.63, 3.8) is 0 Å². The normalized spacial score (nSPS) is 16.1. The molecule has 0 radical (unpaired) electrons. The van der Waals surface area contributed by atoms with Gasteiger partial charge in [0.25, 0.3) is 0 Å². The van der Waals surface area contributed by atoms with Crippen LogP contribution < -0.4 is 16.0 Å². The topological polar surface area (TPSA) is 170 Å². The molecule has 1 aromatic carbocycles. The Bertz CT molecular complexity index is 1190. The molecule has 6 atom stereocenters. The summed E-state index contributed by atoms with van der Waals surface area (Å²) in [7, 11) is 0. The zero-order valence-corrected chi connectivity index (χ0v) is 25.1. The van der Waals surface area contributed by atoms with Gasteiger partial charge in [0.2, 0.25) is 11.8 Å². The molecule has 1 aromatic heterocycles. The number of para-hydroxylation sites is 1. The van der Waals surface area contributed by atoms with Crippen LogP contribution in [0.25, 0.3) is 10.9 Å². The fourth-order valence-electron chi connectivity index (χ4n) is 4.50. The summed E-state index contributed by atoms with van der Waals surface area (Å²) in [5.41, 5.74) is 0.924. The van der Waals surface area contributed by atoms with E-state index in [2.05, 4.69) is 20.9 Å². The Morgan fingerprint density at radius 1 is 0.927 bits per heavy atom. The third kappa shape index (κ3) is 10.1. The minimum Gasteiger partial charge on any atom is -0.481 e. The number of aromatic amines is 1.